The zero-order valence-corrected chi connectivity index (χ0v) is 8.54. The van der Waals surface area contributed by atoms with Crippen LogP contribution < -0.4 is 11.1 Å². The van der Waals surface area contributed by atoms with Gasteiger partial charge in [0.1, 0.15) is 0 Å². The molecular formula is C10H9F3N2O2. The number of carbonyl (C=O) groups excluding carboxylic acids is 2. The molecule has 0 bridgehead atoms. The number of carbonyl (C=O) groups is 2. The minimum Gasteiger partial charge on any atom is -0.369 e. The molecule has 0 radical (unpaired) electrons. The minimum atomic E-state index is -4.97. The van der Waals surface area contributed by atoms with Crippen LogP contribution in [0.25, 0.3) is 0 Å². The number of hydrogen-bond donors (Lipinski definition) is 2. The van der Waals surface area contributed by atoms with Gasteiger partial charge in [0.15, 0.2) is 0 Å². The van der Waals surface area contributed by atoms with E-state index in [1.807, 2.05) is 0 Å². The fourth-order valence-corrected chi connectivity index (χ4v) is 1.18. The number of alkyl halides is 3. The predicted octanol–water partition coefficient (Wildman–Crippen LogP) is 1.22. The van der Waals surface area contributed by atoms with Crippen LogP contribution in [0.1, 0.15) is 5.56 Å². The van der Waals surface area contributed by atoms with Crippen LogP contribution in [-0.2, 0) is 16.0 Å². The third-order valence-corrected chi connectivity index (χ3v) is 1.89. The van der Waals surface area contributed by atoms with Crippen LogP contribution >= 0.6 is 0 Å². The van der Waals surface area contributed by atoms with Crippen molar-refractivity contribution in [3.8, 4) is 0 Å². The highest BCUT2D eigenvalue weighted by Gasteiger charge is 2.38. The Hall–Kier alpha value is -2.05. The highest BCUT2D eigenvalue weighted by atomic mass is 19.4. The Morgan fingerprint density at radius 2 is 1.82 bits per heavy atom. The van der Waals surface area contributed by atoms with Gasteiger partial charge in [-0.15, -0.1) is 0 Å². The van der Waals surface area contributed by atoms with E-state index in [0.717, 1.165) is 0 Å². The van der Waals surface area contributed by atoms with Crippen LogP contribution in [0.15, 0.2) is 24.3 Å². The molecule has 0 aromatic heterocycles. The second kappa shape index (κ2) is 4.86. The quantitative estimate of drug-likeness (QED) is 0.841. The topological polar surface area (TPSA) is 72.2 Å². The summed E-state index contributed by atoms with van der Waals surface area (Å²) in [6.45, 7) is 0. The van der Waals surface area contributed by atoms with Gasteiger partial charge in [-0.1, -0.05) is 18.2 Å². The van der Waals surface area contributed by atoms with Gasteiger partial charge in [-0.2, -0.15) is 13.2 Å². The van der Waals surface area contributed by atoms with Crippen LogP contribution in [0.3, 0.4) is 0 Å². The summed E-state index contributed by atoms with van der Waals surface area (Å²) in [5, 5.41) is 1.68. The first-order valence-electron chi connectivity index (χ1n) is 4.55. The molecule has 1 aromatic carbocycles. The van der Waals surface area contributed by atoms with Crippen molar-refractivity contribution in [3.05, 3.63) is 29.8 Å². The lowest BCUT2D eigenvalue weighted by molar-refractivity contribution is -0.167. The predicted molar refractivity (Wildman–Crippen MR) is 54.0 cm³/mol. The van der Waals surface area contributed by atoms with E-state index in [2.05, 4.69) is 0 Å². The fraction of sp³-hybridized carbons (Fsp3) is 0.200. The second-order valence-corrected chi connectivity index (χ2v) is 3.25. The van der Waals surface area contributed by atoms with Crippen molar-refractivity contribution in [3.63, 3.8) is 0 Å². The summed E-state index contributed by atoms with van der Waals surface area (Å²) in [5.41, 5.74) is 5.09. The zero-order chi connectivity index (χ0) is 13.1. The van der Waals surface area contributed by atoms with Gasteiger partial charge >= 0.3 is 12.1 Å². The van der Waals surface area contributed by atoms with Gasteiger partial charge in [0, 0.05) is 5.69 Å². The lowest BCUT2D eigenvalue weighted by atomic mass is 10.1. The lowest BCUT2D eigenvalue weighted by Crippen LogP contribution is -2.30. The molecule has 17 heavy (non-hydrogen) atoms. The maximum atomic E-state index is 12.0. The first kappa shape index (κ1) is 13.0. The van der Waals surface area contributed by atoms with Crippen molar-refractivity contribution in [1.29, 1.82) is 0 Å². The van der Waals surface area contributed by atoms with E-state index in [4.69, 9.17) is 5.73 Å². The van der Waals surface area contributed by atoms with Crippen LogP contribution in [0.4, 0.5) is 18.9 Å². The SMILES string of the molecule is NC(=O)Cc1ccccc1NC(=O)C(F)(F)F. The Morgan fingerprint density at radius 1 is 1.24 bits per heavy atom. The second-order valence-electron chi connectivity index (χ2n) is 3.25. The smallest absolute Gasteiger partial charge is 0.369 e. The molecule has 0 heterocycles. The number of halogens is 3. The lowest BCUT2D eigenvalue weighted by Gasteiger charge is -2.11. The monoisotopic (exact) mass is 246 g/mol. The summed E-state index contributed by atoms with van der Waals surface area (Å²) in [4.78, 5) is 21.4. The number of amides is 2. The first-order chi connectivity index (χ1) is 7.80. The summed E-state index contributed by atoms with van der Waals surface area (Å²) in [6.07, 6.45) is -5.21. The van der Waals surface area contributed by atoms with Crippen LogP contribution in [0.2, 0.25) is 0 Å². The molecule has 0 aliphatic rings. The molecule has 7 heteroatoms. The number of hydrogen-bond acceptors (Lipinski definition) is 2. The molecule has 3 N–H and O–H groups in total. The highest BCUT2D eigenvalue weighted by molar-refractivity contribution is 5.96. The number of rotatable bonds is 3. The van der Waals surface area contributed by atoms with E-state index in [0.29, 0.717) is 0 Å². The van der Waals surface area contributed by atoms with Gasteiger partial charge in [-0.25, -0.2) is 0 Å². The Bertz CT molecular complexity index is 443. The van der Waals surface area contributed by atoms with Crippen LogP contribution in [0, 0.1) is 0 Å². The molecule has 92 valence electrons. The molecule has 0 atom stereocenters. The maximum absolute atomic E-state index is 12.0. The standard InChI is InChI=1S/C10H9F3N2O2/c11-10(12,13)9(17)15-7-4-2-1-3-6(7)5-8(14)16/h1-4H,5H2,(H2,14,16)(H,15,17). The number of benzene rings is 1. The van der Waals surface area contributed by atoms with Gasteiger partial charge in [0.2, 0.25) is 5.91 Å². The van der Waals surface area contributed by atoms with E-state index in [1.165, 1.54) is 24.3 Å². The van der Waals surface area contributed by atoms with Gasteiger partial charge in [-0.3, -0.25) is 9.59 Å². The first-order valence-corrected chi connectivity index (χ1v) is 4.55. The van der Waals surface area contributed by atoms with Crippen LogP contribution in [0.5, 0.6) is 0 Å². The summed E-state index contributed by atoms with van der Waals surface area (Å²) in [7, 11) is 0. The van der Waals surface area contributed by atoms with Gasteiger partial charge < -0.3 is 11.1 Å². The molecule has 1 rings (SSSR count). The number of anilines is 1. The Kier molecular flexibility index (Phi) is 3.72. The van der Waals surface area contributed by atoms with Gasteiger partial charge in [-0.05, 0) is 11.6 Å². The van der Waals surface area contributed by atoms with E-state index >= 15 is 0 Å². The molecule has 0 spiro atoms. The van der Waals surface area contributed by atoms with Crippen molar-refractivity contribution in [1.82, 2.24) is 0 Å². The summed E-state index contributed by atoms with van der Waals surface area (Å²) in [5.74, 6) is -2.78. The largest absolute Gasteiger partial charge is 0.471 e. The molecule has 0 fully saturated rings. The summed E-state index contributed by atoms with van der Waals surface area (Å²) < 4.78 is 36.1. The molecule has 2 amide bonds. The van der Waals surface area contributed by atoms with Crippen molar-refractivity contribution in [2.24, 2.45) is 5.73 Å². The van der Waals surface area contributed by atoms with Gasteiger partial charge in [0.05, 0.1) is 6.42 Å². The highest BCUT2D eigenvalue weighted by Crippen LogP contribution is 2.21. The number of nitrogens with one attached hydrogen (secondary N) is 1. The van der Waals surface area contributed by atoms with E-state index in [1.54, 1.807) is 5.32 Å². The average Bonchev–Trinajstić information content (AvgIpc) is 2.18. The molecule has 0 saturated carbocycles. The van der Waals surface area contributed by atoms with E-state index in [9.17, 15) is 22.8 Å². The van der Waals surface area contributed by atoms with E-state index in [-0.39, 0.29) is 17.7 Å². The summed E-state index contributed by atoms with van der Waals surface area (Å²) >= 11 is 0. The third-order valence-electron chi connectivity index (χ3n) is 1.89. The molecule has 0 saturated heterocycles. The molecule has 1 aromatic rings. The van der Waals surface area contributed by atoms with Crippen molar-refractivity contribution >= 4 is 17.5 Å². The third kappa shape index (κ3) is 3.78. The fourth-order valence-electron chi connectivity index (χ4n) is 1.18. The van der Waals surface area contributed by atoms with Crippen molar-refractivity contribution in [2.75, 3.05) is 5.32 Å². The Balaban J connectivity index is 2.91. The Labute approximate surface area is 94.6 Å². The molecule has 0 aliphatic carbocycles. The van der Waals surface area contributed by atoms with Crippen molar-refractivity contribution in [2.45, 2.75) is 12.6 Å². The molecule has 0 unspecified atom stereocenters. The summed E-state index contributed by atoms with van der Waals surface area (Å²) in [6, 6.07) is 5.65. The normalized spacial score (nSPS) is 11.0. The molecule has 0 aliphatic heterocycles. The number of para-hydroxylation sites is 1. The maximum Gasteiger partial charge on any atom is 0.471 e. The number of primary amides is 1. The van der Waals surface area contributed by atoms with E-state index < -0.39 is 18.0 Å². The number of nitrogens with two attached hydrogens (primary N) is 1. The Morgan fingerprint density at radius 3 is 2.35 bits per heavy atom. The average molecular weight is 246 g/mol. The zero-order valence-electron chi connectivity index (χ0n) is 8.54. The van der Waals surface area contributed by atoms with Crippen LogP contribution in [-0.4, -0.2) is 18.0 Å². The van der Waals surface area contributed by atoms with Gasteiger partial charge in [0.25, 0.3) is 0 Å². The molecule has 4 nitrogen and oxygen atoms in total. The molecular weight excluding hydrogens is 237 g/mol. The van der Waals surface area contributed by atoms with Crippen molar-refractivity contribution < 1.29 is 22.8 Å². The minimum absolute atomic E-state index is 0.0753.